The molecule has 0 amide bonds. The zero-order valence-corrected chi connectivity index (χ0v) is 22.4. The molecule has 0 aromatic rings. The second kappa shape index (κ2) is 24.5. The molecule has 0 heterocycles. The third-order valence-electron chi connectivity index (χ3n) is 3.07. The molecule has 162 valence electrons. The summed E-state index contributed by atoms with van der Waals surface area (Å²) in [6.07, 6.45) is 12.6. The number of thiol groups is 2. The second-order valence-electron chi connectivity index (χ2n) is 5.51. The first-order chi connectivity index (χ1) is 12.5. The topological polar surface area (TPSA) is 52.9 Å². The summed E-state index contributed by atoms with van der Waals surface area (Å²) < 4.78 is 1.45. The maximum absolute atomic E-state index is 4.18. The van der Waals surface area contributed by atoms with Crippen LogP contribution in [-0.2, 0) is 44.9 Å². The van der Waals surface area contributed by atoms with E-state index in [4.69, 9.17) is 0 Å². The summed E-state index contributed by atoms with van der Waals surface area (Å²) in [7, 11) is 0. The van der Waals surface area contributed by atoms with Gasteiger partial charge in [-0.25, -0.2) is 0 Å². The van der Waals surface area contributed by atoms with Crippen molar-refractivity contribution in [3.8, 4) is 0 Å². The summed E-state index contributed by atoms with van der Waals surface area (Å²) >= 11 is 11.3. The van der Waals surface area contributed by atoms with Crippen molar-refractivity contribution in [2.24, 2.45) is 10.2 Å². The van der Waals surface area contributed by atoms with Crippen molar-refractivity contribution in [2.45, 2.75) is 79.1 Å². The van der Waals surface area contributed by atoms with Crippen LogP contribution in [0.15, 0.2) is 10.2 Å². The van der Waals surface area contributed by atoms with Crippen molar-refractivity contribution in [1.82, 2.24) is 0 Å². The summed E-state index contributed by atoms with van der Waals surface area (Å²) in [6, 6.07) is 0. The minimum absolute atomic E-state index is 0. The van der Waals surface area contributed by atoms with Crippen molar-refractivity contribution in [1.29, 1.82) is 0 Å². The number of hydrogen-bond acceptors (Lipinski definition) is 4. The molecular formula is C18H36N4PdS4. The summed E-state index contributed by atoms with van der Waals surface area (Å²) in [6.45, 7) is 8.63. The van der Waals surface area contributed by atoms with Crippen molar-refractivity contribution >= 4 is 68.0 Å². The SMILES string of the molecule is CCCC(CCC)=N[N-]C(=[SH+])SC.CCCC(CCC)=N[N-]C(=[SH+])SC.[Pd]. The van der Waals surface area contributed by atoms with E-state index >= 15 is 0 Å². The molecule has 0 aromatic heterocycles. The Morgan fingerprint density at radius 2 is 0.926 bits per heavy atom. The van der Waals surface area contributed by atoms with Crippen LogP contribution in [0, 0.1) is 0 Å². The molecule has 0 aliphatic heterocycles. The molecule has 4 nitrogen and oxygen atoms in total. The van der Waals surface area contributed by atoms with Gasteiger partial charge in [0.15, 0.2) is 33.1 Å². The summed E-state index contributed by atoms with van der Waals surface area (Å²) in [5.74, 6) is 0. The molecule has 0 rings (SSSR count). The Morgan fingerprint density at radius 3 is 1.11 bits per heavy atom. The first-order valence-electron chi connectivity index (χ1n) is 9.21. The smallest absolute Gasteiger partial charge is 0.174 e. The third kappa shape index (κ3) is 22.6. The summed E-state index contributed by atoms with van der Waals surface area (Å²) in [4.78, 5) is 0. The fraction of sp³-hybridized carbons (Fsp3) is 0.778. The first kappa shape index (κ1) is 32.2. The minimum atomic E-state index is 0. The molecule has 9 heteroatoms. The molecule has 0 bridgehead atoms. The van der Waals surface area contributed by atoms with E-state index in [1.165, 1.54) is 34.9 Å². The average Bonchev–Trinajstić information content (AvgIpc) is 2.64. The van der Waals surface area contributed by atoms with Gasteiger partial charge in [0, 0.05) is 20.4 Å². The Morgan fingerprint density at radius 1 is 0.667 bits per heavy atom. The maximum atomic E-state index is 4.18. The Balaban J connectivity index is -0.000000411. The third-order valence-corrected chi connectivity index (χ3v) is 5.24. The van der Waals surface area contributed by atoms with Gasteiger partial charge in [0.1, 0.15) is 0 Å². The van der Waals surface area contributed by atoms with Gasteiger partial charge in [-0.1, -0.05) is 76.9 Å². The Kier molecular flexibility index (Phi) is 29.2. The maximum Gasteiger partial charge on any atom is 0.174 e. The predicted octanol–water partition coefficient (Wildman–Crippen LogP) is 6.09. The van der Waals surface area contributed by atoms with Crippen LogP contribution in [0.5, 0.6) is 0 Å². The molecule has 0 aliphatic carbocycles. The Labute approximate surface area is 200 Å². The molecule has 0 spiro atoms. The minimum Gasteiger partial charge on any atom is -0.520 e. The van der Waals surface area contributed by atoms with Crippen molar-refractivity contribution in [3.63, 3.8) is 0 Å². The molecule has 0 N–H and O–H groups in total. The molecule has 0 saturated carbocycles. The van der Waals surface area contributed by atoms with Crippen LogP contribution in [0.4, 0.5) is 0 Å². The monoisotopic (exact) mass is 542 g/mol. The van der Waals surface area contributed by atoms with Gasteiger partial charge in [-0.3, -0.25) is 0 Å². The fourth-order valence-corrected chi connectivity index (χ4v) is 2.25. The fourth-order valence-electron chi connectivity index (χ4n) is 1.91. The predicted molar refractivity (Wildman–Crippen MR) is 136 cm³/mol. The number of rotatable bonds is 10. The zero-order chi connectivity index (χ0) is 20.2. The van der Waals surface area contributed by atoms with Gasteiger partial charge < -0.3 is 21.1 Å². The normalized spacial score (nSPS) is 9.11. The number of nitrogens with zero attached hydrogens (tertiary/aromatic N) is 4. The van der Waals surface area contributed by atoms with Gasteiger partial charge in [-0.2, -0.15) is 0 Å². The van der Waals surface area contributed by atoms with Crippen LogP contribution in [0.1, 0.15) is 79.1 Å². The molecule has 0 fully saturated rings. The van der Waals surface area contributed by atoms with Gasteiger partial charge in [-0.05, 0) is 49.6 Å². The van der Waals surface area contributed by atoms with E-state index in [9.17, 15) is 0 Å². The molecule has 0 saturated heterocycles. The number of thioether (sulfide) groups is 2. The van der Waals surface area contributed by atoms with Crippen LogP contribution in [0.25, 0.3) is 10.9 Å². The van der Waals surface area contributed by atoms with Crippen LogP contribution in [-0.4, -0.2) is 32.6 Å². The molecule has 0 atom stereocenters. The quantitative estimate of drug-likeness (QED) is 0.0837. The van der Waals surface area contributed by atoms with E-state index in [1.54, 1.807) is 0 Å². The van der Waals surface area contributed by atoms with Crippen LogP contribution < -0.4 is 0 Å². The molecule has 0 aliphatic rings. The second-order valence-corrected chi connectivity index (χ2v) is 8.55. The first-order valence-corrected chi connectivity index (χ1v) is 12.6. The van der Waals surface area contributed by atoms with Crippen LogP contribution in [0.2, 0.25) is 0 Å². The molecular weight excluding hydrogens is 507 g/mol. The van der Waals surface area contributed by atoms with E-state index in [-0.39, 0.29) is 20.4 Å². The summed E-state index contributed by atoms with van der Waals surface area (Å²) in [5, 5.41) is 8.36. The molecule has 0 radical (unpaired) electrons. The summed E-state index contributed by atoms with van der Waals surface area (Å²) in [5.41, 5.74) is 10.4. The molecule has 27 heavy (non-hydrogen) atoms. The molecule has 0 aromatic carbocycles. The largest absolute Gasteiger partial charge is 0.520 e. The molecule has 0 unspecified atom stereocenters. The van der Waals surface area contributed by atoms with Gasteiger partial charge in [0.2, 0.25) is 0 Å². The van der Waals surface area contributed by atoms with Gasteiger partial charge in [-0.15, -0.1) is 0 Å². The van der Waals surface area contributed by atoms with E-state index in [1.807, 2.05) is 12.5 Å². The van der Waals surface area contributed by atoms with E-state index in [2.05, 4.69) is 73.2 Å². The van der Waals surface area contributed by atoms with E-state index in [0.717, 1.165) is 60.0 Å². The van der Waals surface area contributed by atoms with Crippen LogP contribution >= 0.6 is 23.5 Å². The zero-order valence-electron chi connectivity index (χ0n) is 17.5. The number of hydrogen-bond donors (Lipinski definition) is 0. The van der Waals surface area contributed by atoms with Crippen molar-refractivity contribution in [2.75, 3.05) is 12.5 Å². The van der Waals surface area contributed by atoms with Crippen LogP contribution in [0.3, 0.4) is 0 Å². The standard InChI is InChI=1S/2C9H18N2S2.Pd/c2*1-4-6-8(7-5-2)10-11-9(12)13-3;/h2*4-7H2,1-3H3,(H,11,12);. The van der Waals surface area contributed by atoms with Gasteiger partial charge >= 0.3 is 0 Å². The average molecular weight is 543 g/mol. The Hall–Kier alpha value is 0.482. The van der Waals surface area contributed by atoms with Crippen molar-refractivity contribution in [3.05, 3.63) is 10.9 Å². The van der Waals surface area contributed by atoms with Crippen molar-refractivity contribution < 1.29 is 20.4 Å². The Bertz CT molecular complexity index is 387. The van der Waals surface area contributed by atoms with E-state index < -0.39 is 0 Å². The van der Waals surface area contributed by atoms with E-state index in [0.29, 0.717) is 0 Å². The van der Waals surface area contributed by atoms with Gasteiger partial charge in [0.25, 0.3) is 0 Å². The van der Waals surface area contributed by atoms with Gasteiger partial charge in [0.05, 0.1) is 0 Å².